The Labute approximate surface area is 167 Å². The lowest BCUT2D eigenvalue weighted by Gasteiger charge is -2.27. The van der Waals surface area contributed by atoms with Crippen LogP contribution >= 0.6 is 0 Å². The average molecular weight is 399 g/mol. The third-order valence-corrected chi connectivity index (χ3v) is 3.86. The zero-order valence-corrected chi connectivity index (χ0v) is 16.0. The van der Waals surface area contributed by atoms with Crippen molar-refractivity contribution in [1.82, 2.24) is 15.4 Å². The number of aliphatic hydroxyl groups is 1. The first kappa shape index (κ1) is 20.5. The number of hydrogen-bond donors (Lipinski definition) is 3. The number of hydrogen-bond acceptors (Lipinski definition) is 9. The normalized spacial score (nSPS) is 14.0. The number of nitrogens with two attached hydrogens (primary N) is 1. The molecule has 2 aromatic rings. The molecule has 1 aromatic carbocycles. The first-order valence-electron chi connectivity index (χ1n) is 8.84. The number of aromatic nitrogens is 2. The fraction of sp³-hybridized carbons (Fsp3) is 0.368. The molecule has 1 saturated heterocycles. The highest BCUT2D eigenvalue weighted by molar-refractivity contribution is 6.00. The van der Waals surface area contributed by atoms with Gasteiger partial charge in [0, 0.05) is 5.56 Å². The molecule has 0 aliphatic carbocycles. The number of carbonyl (C=O) groups is 1. The fourth-order valence-corrected chi connectivity index (χ4v) is 2.38. The van der Waals surface area contributed by atoms with Crippen molar-refractivity contribution in [2.45, 2.75) is 25.6 Å². The van der Waals surface area contributed by atoms with Gasteiger partial charge in [-0.3, -0.25) is 9.63 Å². The van der Waals surface area contributed by atoms with Crippen LogP contribution in [-0.2, 0) is 9.57 Å². The number of nitrogen functional groups attached to an aromatic ring is 1. The van der Waals surface area contributed by atoms with E-state index in [1.807, 2.05) is 6.07 Å². The summed E-state index contributed by atoms with van der Waals surface area (Å²) in [4.78, 5) is 26.1. The molecule has 29 heavy (non-hydrogen) atoms. The second kappa shape index (κ2) is 8.40. The van der Waals surface area contributed by atoms with Gasteiger partial charge in [0.25, 0.3) is 5.91 Å². The average Bonchev–Trinajstić information content (AvgIpc) is 2.63. The Hall–Kier alpha value is -3.26. The van der Waals surface area contributed by atoms with Crippen molar-refractivity contribution in [2.24, 2.45) is 0 Å². The Balaban J connectivity index is 1.92. The number of carbonyl (C=O) groups excluding carboxylic acids is 1. The molecule has 10 heteroatoms. The largest absolute Gasteiger partial charge is 0.469 e. The monoisotopic (exact) mass is 399 g/mol. The van der Waals surface area contributed by atoms with Gasteiger partial charge in [-0.1, -0.05) is 12.1 Å². The molecule has 0 atom stereocenters. The van der Waals surface area contributed by atoms with Crippen LogP contribution in [0.1, 0.15) is 29.8 Å². The Bertz CT molecular complexity index is 947. The summed E-state index contributed by atoms with van der Waals surface area (Å²) in [7, 11) is 0. The Morgan fingerprint density at radius 2 is 2.21 bits per heavy atom. The molecule has 1 aromatic heterocycles. The molecule has 1 aliphatic rings. The molecular weight excluding hydrogens is 378 g/mol. The Morgan fingerprint density at radius 3 is 2.83 bits per heavy atom. The van der Waals surface area contributed by atoms with Crippen molar-refractivity contribution >= 4 is 11.7 Å². The summed E-state index contributed by atoms with van der Waals surface area (Å²) in [5.74, 6) is -0.632. The molecule has 10 nitrogen and oxygen atoms in total. The van der Waals surface area contributed by atoms with Gasteiger partial charge < -0.3 is 20.3 Å². The zero-order chi connectivity index (χ0) is 21.0. The first-order valence-corrected chi connectivity index (χ1v) is 8.84. The highest BCUT2D eigenvalue weighted by atomic mass is 16.7. The van der Waals surface area contributed by atoms with Gasteiger partial charge in [0.15, 0.2) is 5.82 Å². The summed E-state index contributed by atoms with van der Waals surface area (Å²) in [5, 5.41) is 18.8. The van der Waals surface area contributed by atoms with Crippen molar-refractivity contribution in [2.75, 3.05) is 25.6 Å². The second-order valence-corrected chi connectivity index (χ2v) is 7.11. The number of amides is 1. The maximum Gasteiger partial charge on any atom is 0.284 e. The van der Waals surface area contributed by atoms with Crippen LogP contribution in [0.2, 0.25) is 0 Å². The van der Waals surface area contributed by atoms with E-state index in [0.717, 1.165) is 0 Å². The summed E-state index contributed by atoms with van der Waals surface area (Å²) in [5.41, 5.74) is 8.00. The van der Waals surface area contributed by atoms with E-state index >= 15 is 0 Å². The summed E-state index contributed by atoms with van der Waals surface area (Å²) in [6.07, 6.45) is -0.272. The standard InChI is InChI=1S/C19H21N5O5/c1-19(2,26)10-28-24-17(25)14-15(21)22-16(12-5-3-4-11(6-12)7-20)23-18(14)29-13-8-27-9-13/h3-6,13,26H,8-10H2,1-2H3,(H,24,25)(H2,21,22,23). The first-order chi connectivity index (χ1) is 13.8. The summed E-state index contributed by atoms with van der Waals surface area (Å²) in [6.45, 7) is 3.65. The smallest absolute Gasteiger partial charge is 0.284 e. The van der Waals surface area contributed by atoms with Crippen LogP contribution in [0.25, 0.3) is 11.4 Å². The van der Waals surface area contributed by atoms with Crippen molar-refractivity contribution in [3.63, 3.8) is 0 Å². The molecule has 0 unspecified atom stereocenters. The highest BCUT2D eigenvalue weighted by Crippen LogP contribution is 2.28. The molecule has 2 heterocycles. The minimum atomic E-state index is -1.13. The third kappa shape index (κ3) is 5.17. The molecule has 1 aliphatic heterocycles. The molecule has 3 rings (SSSR count). The molecule has 0 radical (unpaired) electrons. The van der Waals surface area contributed by atoms with Crippen LogP contribution in [0.5, 0.6) is 5.88 Å². The number of benzene rings is 1. The van der Waals surface area contributed by atoms with E-state index in [-0.39, 0.29) is 35.8 Å². The van der Waals surface area contributed by atoms with Crippen molar-refractivity contribution < 1.29 is 24.2 Å². The van der Waals surface area contributed by atoms with E-state index < -0.39 is 11.5 Å². The van der Waals surface area contributed by atoms with E-state index in [2.05, 4.69) is 15.4 Å². The quantitative estimate of drug-likeness (QED) is 0.574. The number of nitrogens with zero attached hydrogens (tertiary/aromatic N) is 3. The molecular formula is C19H21N5O5. The predicted octanol–water partition coefficient (Wildman–Crippen LogP) is 0.807. The number of ether oxygens (including phenoxy) is 2. The number of rotatable bonds is 7. The minimum absolute atomic E-state index is 0.0208. The van der Waals surface area contributed by atoms with Crippen molar-refractivity contribution in [3.05, 3.63) is 35.4 Å². The zero-order valence-electron chi connectivity index (χ0n) is 16.0. The van der Waals surface area contributed by atoms with Gasteiger partial charge in [0.05, 0.1) is 30.4 Å². The molecule has 152 valence electrons. The maximum absolute atomic E-state index is 12.6. The lowest BCUT2D eigenvalue weighted by molar-refractivity contribution is -0.0817. The Morgan fingerprint density at radius 1 is 1.45 bits per heavy atom. The fourth-order valence-electron chi connectivity index (χ4n) is 2.38. The van der Waals surface area contributed by atoms with Gasteiger partial charge in [-0.25, -0.2) is 10.5 Å². The van der Waals surface area contributed by atoms with Crippen LogP contribution in [0.3, 0.4) is 0 Å². The van der Waals surface area contributed by atoms with Gasteiger partial charge in [0.2, 0.25) is 5.88 Å². The van der Waals surface area contributed by atoms with E-state index in [0.29, 0.717) is 24.3 Å². The predicted molar refractivity (Wildman–Crippen MR) is 102 cm³/mol. The van der Waals surface area contributed by atoms with E-state index in [1.54, 1.807) is 24.3 Å². The topological polar surface area (TPSA) is 153 Å². The van der Waals surface area contributed by atoms with Crippen molar-refractivity contribution in [3.8, 4) is 23.3 Å². The van der Waals surface area contributed by atoms with Crippen LogP contribution in [-0.4, -0.2) is 52.5 Å². The van der Waals surface area contributed by atoms with Crippen molar-refractivity contribution in [1.29, 1.82) is 5.26 Å². The van der Waals surface area contributed by atoms with Crippen LogP contribution in [0.4, 0.5) is 5.82 Å². The Kier molecular flexibility index (Phi) is 5.93. The van der Waals surface area contributed by atoms with Crippen LogP contribution in [0.15, 0.2) is 24.3 Å². The van der Waals surface area contributed by atoms with Gasteiger partial charge in [-0.05, 0) is 26.0 Å². The van der Waals surface area contributed by atoms with Gasteiger partial charge >= 0.3 is 0 Å². The lowest BCUT2D eigenvalue weighted by Crippen LogP contribution is -2.40. The summed E-state index contributed by atoms with van der Waals surface area (Å²) in [6, 6.07) is 8.72. The highest BCUT2D eigenvalue weighted by Gasteiger charge is 2.28. The molecule has 4 N–H and O–H groups in total. The molecule has 0 saturated carbocycles. The number of anilines is 1. The van der Waals surface area contributed by atoms with Gasteiger partial charge in [-0.15, -0.1) is 0 Å². The van der Waals surface area contributed by atoms with Gasteiger partial charge in [0.1, 0.15) is 24.1 Å². The minimum Gasteiger partial charge on any atom is -0.469 e. The number of nitrogens with one attached hydrogen (secondary N) is 1. The molecule has 0 spiro atoms. The second-order valence-electron chi connectivity index (χ2n) is 7.11. The van der Waals surface area contributed by atoms with E-state index in [1.165, 1.54) is 13.8 Å². The lowest BCUT2D eigenvalue weighted by atomic mass is 10.1. The SMILES string of the molecule is CC(C)(O)CONC(=O)c1c(N)nc(-c2cccc(C#N)c2)nc1OC1COC1. The molecule has 0 bridgehead atoms. The third-order valence-electron chi connectivity index (χ3n) is 3.86. The van der Waals surface area contributed by atoms with Gasteiger partial charge in [-0.2, -0.15) is 10.2 Å². The number of hydroxylamine groups is 1. The summed E-state index contributed by atoms with van der Waals surface area (Å²) >= 11 is 0. The summed E-state index contributed by atoms with van der Waals surface area (Å²) < 4.78 is 10.9. The molecule has 1 fully saturated rings. The maximum atomic E-state index is 12.6. The van der Waals surface area contributed by atoms with E-state index in [4.69, 9.17) is 25.3 Å². The van der Waals surface area contributed by atoms with Crippen LogP contribution < -0.4 is 16.0 Å². The van der Waals surface area contributed by atoms with Crippen LogP contribution in [0, 0.1) is 11.3 Å². The molecule has 1 amide bonds. The van der Waals surface area contributed by atoms with E-state index in [9.17, 15) is 9.90 Å². The number of nitriles is 1.